The maximum absolute atomic E-state index is 12.5. The number of aromatic nitrogens is 1. The van der Waals surface area contributed by atoms with Gasteiger partial charge in [0, 0.05) is 63.7 Å². The Morgan fingerprint density at radius 1 is 1.03 bits per heavy atom. The number of nitrogens with zero attached hydrogens (tertiary/aromatic N) is 3. The van der Waals surface area contributed by atoms with Gasteiger partial charge in [0.25, 0.3) is 0 Å². The molecule has 31 heavy (non-hydrogen) atoms. The minimum atomic E-state index is -0.0423. The molecule has 5 nitrogen and oxygen atoms in total. The molecule has 162 valence electrons. The molecule has 2 heterocycles. The van der Waals surface area contributed by atoms with Crippen LogP contribution in [-0.2, 0) is 11.3 Å². The van der Waals surface area contributed by atoms with E-state index in [0.717, 1.165) is 54.0 Å². The van der Waals surface area contributed by atoms with Crippen molar-refractivity contribution in [3.8, 4) is 11.3 Å². The highest BCUT2D eigenvalue weighted by Gasteiger charge is 2.21. The molecule has 9 heteroatoms. The van der Waals surface area contributed by atoms with Crippen molar-refractivity contribution in [2.45, 2.75) is 6.54 Å². The normalized spacial score (nSPS) is 15.2. The molecule has 0 radical (unpaired) electrons. The van der Waals surface area contributed by atoms with Crippen LogP contribution >= 0.6 is 50.5 Å². The summed E-state index contributed by atoms with van der Waals surface area (Å²) in [4.78, 5) is 21.5. The van der Waals surface area contributed by atoms with Crippen molar-refractivity contribution in [3.63, 3.8) is 0 Å². The predicted octanol–water partition coefficient (Wildman–Crippen LogP) is 5.64. The number of hydrogen-bond donors (Lipinski definition) is 1. The van der Waals surface area contributed by atoms with Gasteiger partial charge in [-0.1, -0.05) is 57.3 Å². The number of thiazole rings is 1. The fraction of sp³-hybridized carbons (Fsp3) is 0.273. The van der Waals surface area contributed by atoms with E-state index in [0.29, 0.717) is 21.7 Å². The molecule has 4 rings (SSSR count). The summed E-state index contributed by atoms with van der Waals surface area (Å²) in [5, 5.41) is 6.89. The third-order valence-electron chi connectivity index (χ3n) is 5.17. The summed E-state index contributed by atoms with van der Waals surface area (Å²) in [5.41, 5.74) is 2.84. The number of carbonyl (C=O) groups excluding carboxylic acids is 1. The molecule has 3 aromatic rings. The first-order valence-corrected chi connectivity index (χ1v) is 12.3. The zero-order chi connectivity index (χ0) is 21.8. The van der Waals surface area contributed by atoms with Gasteiger partial charge >= 0.3 is 0 Å². The van der Waals surface area contributed by atoms with Gasteiger partial charge < -0.3 is 5.32 Å². The topological polar surface area (TPSA) is 48.5 Å². The highest BCUT2D eigenvalue weighted by molar-refractivity contribution is 9.10. The van der Waals surface area contributed by atoms with Crippen LogP contribution in [0, 0.1) is 0 Å². The molecule has 0 saturated carbocycles. The predicted molar refractivity (Wildman–Crippen MR) is 132 cm³/mol. The number of anilines is 1. The Labute approximate surface area is 204 Å². The number of amides is 1. The molecule has 1 fully saturated rings. The molecule has 1 aliphatic rings. The monoisotopic (exact) mass is 538 g/mol. The second-order valence-electron chi connectivity index (χ2n) is 7.35. The van der Waals surface area contributed by atoms with Crippen LogP contribution in [0.3, 0.4) is 0 Å². The van der Waals surface area contributed by atoms with Gasteiger partial charge in [0.1, 0.15) is 0 Å². The van der Waals surface area contributed by atoms with Crippen molar-refractivity contribution >= 4 is 61.5 Å². The Kier molecular flexibility index (Phi) is 7.63. The van der Waals surface area contributed by atoms with E-state index in [2.05, 4.69) is 36.0 Å². The van der Waals surface area contributed by atoms with E-state index in [4.69, 9.17) is 23.2 Å². The summed E-state index contributed by atoms with van der Waals surface area (Å²) in [7, 11) is 0. The Bertz CT molecular complexity index is 1030. The molecule has 0 unspecified atom stereocenters. The standard InChI is InChI=1S/C22H21BrCl2N4OS/c23-16-6-4-15(5-7-16)20-14-31-22(26-20)27-21(30)13-29-10-8-28(9-11-29)12-17-18(24)2-1-3-19(17)25/h1-7,14H,8-13H2,(H,26,27,30). The smallest absolute Gasteiger partial charge is 0.240 e. The largest absolute Gasteiger partial charge is 0.301 e. The van der Waals surface area contributed by atoms with Crippen LogP contribution in [0.5, 0.6) is 0 Å². The highest BCUT2D eigenvalue weighted by atomic mass is 79.9. The Morgan fingerprint density at radius 3 is 2.35 bits per heavy atom. The van der Waals surface area contributed by atoms with E-state index in [1.165, 1.54) is 11.3 Å². The number of hydrogen-bond acceptors (Lipinski definition) is 5. The second kappa shape index (κ2) is 10.4. The zero-order valence-electron chi connectivity index (χ0n) is 16.7. The third kappa shape index (κ3) is 6.06. The van der Waals surface area contributed by atoms with Crippen molar-refractivity contribution in [2.24, 2.45) is 0 Å². The second-order valence-corrected chi connectivity index (χ2v) is 9.93. The molecule has 1 aliphatic heterocycles. The Hall–Kier alpha value is -1.48. The van der Waals surface area contributed by atoms with E-state index in [-0.39, 0.29) is 5.91 Å². The van der Waals surface area contributed by atoms with Gasteiger partial charge in [0.15, 0.2) is 5.13 Å². The molecule has 0 bridgehead atoms. The fourth-order valence-corrected chi connectivity index (χ4v) is 4.98. The van der Waals surface area contributed by atoms with Crippen LogP contribution in [0.1, 0.15) is 5.56 Å². The Morgan fingerprint density at radius 2 is 1.68 bits per heavy atom. The van der Waals surface area contributed by atoms with E-state index >= 15 is 0 Å². The summed E-state index contributed by atoms with van der Waals surface area (Å²) in [6.07, 6.45) is 0. The third-order valence-corrected chi connectivity index (χ3v) is 7.16. The molecule has 1 amide bonds. The lowest BCUT2D eigenvalue weighted by atomic mass is 10.2. The SMILES string of the molecule is O=C(CN1CCN(Cc2c(Cl)cccc2Cl)CC1)Nc1nc(-c2ccc(Br)cc2)cs1. The zero-order valence-corrected chi connectivity index (χ0v) is 20.6. The summed E-state index contributed by atoms with van der Waals surface area (Å²) in [6, 6.07) is 13.5. The van der Waals surface area contributed by atoms with Gasteiger partial charge in [-0.25, -0.2) is 4.98 Å². The van der Waals surface area contributed by atoms with Crippen LogP contribution in [0.15, 0.2) is 52.3 Å². The molecule has 0 aliphatic carbocycles. The van der Waals surface area contributed by atoms with Crippen molar-refractivity contribution in [1.29, 1.82) is 0 Å². The van der Waals surface area contributed by atoms with Gasteiger partial charge in [-0.3, -0.25) is 14.6 Å². The van der Waals surface area contributed by atoms with E-state index in [1.807, 2.05) is 47.8 Å². The number of carbonyl (C=O) groups is 1. The minimum Gasteiger partial charge on any atom is -0.301 e. The summed E-state index contributed by atoms with van der Waals surface area (Å²) < 4.78 is 1.02. The van der Waals surface area contributed by atoms with Crippen molar-refractivity contribution in [1.82, 2.24) is 14.8 Å². The molecular weight excluding hydrogens is 519 g/mol. The molecule has 1 N–H and O–H groups in total. The first kappa shape index (κ1) is 22.7. The number of nitrogens with one attached hydrogen (secondary N) is 1. The lowest BCUT2D eigenvalue weighted by Gasteiger charge is -2.34. The number of halogens is 3. The fourth-order valence-electron chi connectivity index (χ4n) is 3.46. The maximum Gasteiger partial charge on any atom is 0.240 e. The van der Waals surface area contributed by atoms with Gasteiger partial charge in [-0.05, 0) is 24.3 Å². The highest BCUT2D eigenvalue weighted by Crippen LogP contribution is 2.27. The average molecular weight is 540 g/mol. The summed E-state index contributed by atoms with van der Waals surface area (Å²) >= 11 is 17.5. The maximum atomic E-state index is 12.5. The number of piperazine rings is 1. The molecule has 2 aromatic carbocycles. The molecule has 1 aromatic heterocycles. The molecule has 1 saturated heterocycles. The first-order valence-electron chi connectivity index (χ1n) is 9.87. The molecule has 0 spiro atoms. The minimum absolute atomic E-state index is 0.0423. The van der Waals surface area contributed by atoms with E-state index in [1.54, 1.807) is 0 Å². The molecule has 0 atom stereocenters. The van der Waals surface area contributed by atoms with Gasteiger partial charge in [0.2, 0.25) is 5.91 Å². The number of benzene rings is 2. The first-order chi connectivity index (χ1) is 15.0. The summed E-state index contributed by atoms with van der Waals surface area (Å²) in [5.74, 6) is -0.0423. The summed E-state index contributed by atoms with van der Waals surface area (Å²) in [6.45, 7) is 4.43. The van der Waals surface area contributed by atoms with Crippen molar-refractivity contribution < 1.29 is 4.79 Å². The van der Waals surface area contributed by atoms with Crippen LogP contribution in [-0.4, -0.2) is 53.4 Å². The van der Waals surface area contributed by atoms with Crippen LogP contribution < -0.4 is 5.32 Å². The average Bonchev–Trinajstić information content (AvgIpc) is 3.21. The quantitative estimate of drug-likeness (QED) is 0.440. The molecular formula is C22H21BrCl2N4OS. The van der Waals surface area contributed by atoms with E-state index < -0.39 is 0 Å². The van der Waals surface area contributed by atoms with Crippen LogP contribution in [0.25, 0.3) is 11.3 Å². The number of rotatable bonds is 6. The Balaban J connectivity index is 1.25. The van der Waals surface area contributed by atoms with Crippen molar-refractivity contribution in [3.05, 3.63) is 67.9 Å². The van der Waals surface area contributed by atoms with Crippen LogP contribution in [0.4, 0.5) is 5.13 Å². The van der Waals surface area contributed by atoms with Crippen molar-refractivity contribution in [2.75, 3.05) is 38.0 Å². The lowest BCUT2D eigenvalue weighted by Crippen LogP contribution is -2.48. The van der Waals surface area contributed by atoms with Gasteiger partial charge in [0.05, 0.1) is 12.2 Å². The lowest BCUT2D eigenvalue weighted by molar-refractivity contribution is -0.117. The van der Waals surface area contributed by atoms with Gasteiger partial charge in [-0.2, -0.15) is 0 Å². The van der Waals surface area contributed by atoms with Gasteiger partial charge in [-0.15, -0.1) is 11.3 Å². The van der Waals surface area contributed by atoms with E-state index in [9.17, 15) is 4.79 Å². The van der Waals surface area contributed by atoms with Crippen LogP contribution in [0.2, 0.25) is 10.0 Å².